The van der Waals surface area contributed by atoms with Crippen LogP contribution in [-0.4, -0.2) is 22.9 Å². The summed E-state index contributed by atoms with van der Waals surface area (Å²) >= 11 is 0. The average molecular weight is 352 g/mol. The van der Waals surface area contributed by atoms with Crippen molar-refractivity contribution in [3.05, 3.63) is 65.7 Å². The van der Waals surface area contributed by atoms with Crippen LogP contribution in [0.25, 0.3) is 0 Å². The predicted molar refractivity (Wildman–Crippen MR) is 96.6 cm³/mol. The molecule has 6 nitrogen and oxygen atoms in total. The summed E-state index contributed by atoms with van der Waals surface area (Å²) in [6, 6.07) is 13.8. The van der Waals surface area contributed by atoms with Gasteiger partial charge in [-0.3, -0.25) is 9.59 Å². The van der Waals surface area contributed by atoms with Crippen molar-refractivity contribution in [2.24, 2.45) is 11.8 Å². The number of benzene rings is 2. The van der Waals surface area contributed by atoms with Crippen LogP contribution in [0.4, 0.5) is 5.69 Å². The number of carbonyl (C=O) groups is 3. The van der Waals surface area contributed by atoms with Gasteiger partial charge in [0.1, 0.15) is 0 Å². The summed E-state index contributed by atoms with van der Waals surface area (Å²) in [6.07, 6.45) is 0.905. The maximum atomic E-state index is 12.4. The normalized spacial score (nSPS) is 19.3. The van der Waals surface area contributed by atoms with E-state index in [1.807, 2.05) is 6.92 Å². The molecule has 2 aromatic rings. The Labute approximate surface area is 151 Å². The van der Waals surface area contributed by atoms with Crippen LogP contribution >= 0.6 is 0 Å². The lowest BCUT2D eigenvalue weighted by molar-refractivity contribution is -0.139. The molecule has 1 fully saturated rings. The second-order valence-corrected chi connectivity index (χ2v) is 6.54. The molecule has 0 aliphatic heterocycles. The molecule has 3 N–H and O–H groups in total. The molecule has 1 saturated carbocycles. The van der Waals surface area contributed by atoms with Gasteiger partial charge in [0, 0.05) is 17.2 Å². The van der Waals surface area contributed by atoms with Crippen LogP contribution in [-0.2, 0) is 9.59 Å². The highest BCUT2D eigenvalue weighted by Gasteiger charge is 2.39. The lowest BCUT2D eigenvalue weighted by Crippen LogP contribution is -2.33. The molecule has 3 atom stereocenters. The van der Waals surface area contributed by atoms with Crippen molar-refractivity contribution < 1.29 is 19.5 Å². The summed E-state index contributed by atoms with van der Waals surface area (Å²) in [7, 11) is 0. The van der Waals surface area contributed by atoms with Gasteiger partial charge >= 0.3 is 5.97 Å². The highest BCUT2D eigenvalue weighted by molar-refractivity contribution is 5.98. The fourth-order valence-corrected chi connectivity index (χ4v) is 2.77. The Balaban J connectivity index is 1.65. The Morgan fingerprint density at radius 3 is 2.19 bits per heavy atom. The molecule has 0 aromatic heterocycles. The van der Waals surface area contributed by atoms with Crippen LogP contribution < -0.4 is 10.6 Å². The van der Waals surface area contributed by atoms with E-state index in [-0.39, 0.29) is 11.8 Å². The van der Waals surface area contributed by atoms with E-state index >= 15 is 0 Å². The van der Waals surface area contributed by atoms with Gasteiger partial charge in [-0.2, -0.15) is 0 Å². The summed E-state index contributed by atoms with van der Waals surface area (Å²) in [4.78, 5) is 35.8. The van der Waals surface area contributed by atoms with E-state index in [0.717, 1.165) is 6.42 Å². The minimum absolute atomic E-state index is 0.00952. The van der Waals surface area contributed by atoms with Crippen molar-refractivity contribution in [3.8, 4) is 0 Å². The molecular weight excluding hydrogens is 332 g/mol. The summed E-state index contributed by atoms with van der Waals surface area (Å²) in [6.45, 7) is 2.03. The lowest BCUT2D eigenvalue weighted by atomic mass is 10.1. The smallest absolute Gasteiger partial charge is 0.330 e. The molecule has 1 aliphatic rings. The van der Waals surface area contributed by atoms with Crippen molar-refractivity contribution in [1.29, 1.82) is 0 Å². The summed E-state index contributed by atoms with van der Waals surface area (Å²) < 4.78 is 0. The molecule has 1 aliphatic carbocycles. The fourth-order valence-electron chi connectivity index (χ4n) is 2.77. The second kappa shape index (κ2) is 7.39. The largest absolute Gasteiger partial charge is 0.479 e. The van der Waals surface area contributed by atoms with Gasteiger partial charge in [-0.05, 0) is 42.2 Å². The third kappa shape index (κ3) is 4.08. The maximum absolute atomic E-state index is 12.4. The molecule has 134 valence electrons. The molecular formula is C20H20N2O4. The van der Waals surface area contributed by atoms with E-state index < -0.39 is 17.9 Å². The molecule has 3 unspecified atom stereocenters. The first kappa shape index (κ1) is 17.7. The van der Waals surface area contributed by atoms with Gasteiger partial charge in [-0.1, -0.05) is 37.3 Å². The van der Waals surface area contributed by atoms with Gasteiger partial charge in [0.2, 0.25) is 5.91 Å². The standard InChI is InChI=1S/C20H20N2O4/c1-12-11-16(12)19(24)21-15-9-7-14(8-10-15)18(23)22-17(20(25)26)13-5-3-2-4-6-13/h2-10,12,16-17H,11H2,1H3,(H,21,24)(H,22,23)(H,25,26). The first-order valence-corrected chi connectivity index (χ1v) is 8.45. The Morgan fingerprint density at radius 2 is 1.65 bits per heavy atom. The van der Waals surface area contributed by atoms with Crippen LogP contribution in [0.15, 0.2) is 54.6 Å². The number of aliphatic carboxylic acids is 1. The Bertz CT molecular complexity index is 817. The number of carboxylic acids is 1. The topological polar surface area (TPSA) is 95.5 Å². The van der Waals surface area contributed by atoms with E-state index in [1.165, 1.54) is 0 Å². The first-order valence-electron chi connectivity index (χ1n) is 8.45. The van der Waals surface area contributed by atoms with Crippen molar-refractivity contribution in [1.82, 2.24) is 5.32 Å². The molecule has 0 heterocycles. The van der Waals surface area contributed by atoms with Crippen LogP contribution in [0, 0.1) is 11.8 Å². The Morgan fingerprint density at radius 1 is 1.04 bits per heavy atom. The lowest BCUT2D eigenvalue weighted by Gasteiger charge is -2.15. The molecule has 3 rings (SSSR count). The van der Waals surface area contributed by atoms with E-state index in [0.29, 0.717) is 22.7 Å². The Kier molecular flexibility index (Phi) is 5.02. The molecule has 0 radical (unpaired) electrons. The van der Waals surface area contributed by atoms with Crippen molar-refractivity contribution in [2.45, 2.75) is 19.4 Å². The minimum Gasteiger partial charge on any atom is -0.479 e. The second-order valence-electron chi connectivity index (χ2n) is 6.54. The monoisotopic (exact) mass is 352 g/mol. The summed E-state index contributed by atoms with van der Waals surface area (Å²) in [5.74, 6) is -1.14. The zero-order valence-corrected chi connectivity index (χ0v) is 14.3. The fraction of sp³-hybridized carbons (Fsp3) is 0.250. The number of rotatable bonds is 6. The summed E-state index contributed by atoms with van der Waals surface area (Å²) in [5, 5.41) is 14.7. The van der Waals surface area contributed by atoms with Gasteiger partial charge in [0.25, 0.3) is 5.91 Å². The van der Waals surface area contributed by atoms with E-state index in [9.17, 15) is 19.5 Å². The molecule has 2 amide bonds. The van der Waals surface area contributed by atoms with Crippen molar-refractivity contribution in [3.63, 3.8) is 0 Å². The van der Waals surface area contributed by atoms with Gasteiger partial charge in [0.15, 0.2) is 6.04 Å². The molecule has 0 spiro atoms. The number of amides is 2. The Hall–Kier alpha value is -3.15. The van der Waals surface area contributed by atoms with Crippen molar-refractivity contribution >= 4 is 23.5 Å². The quantitative estimate of drug-likeness (QED) is 0.745. The first-order chi connectivity index (χ1) is 12.5. The van der Waals surface area contributed by atoms with Gasteiger partial charge in [-0.15, -0.1) is 0 Å². The minimum atomic E-state index is -1.13. The maximum Gasteiger partial charge on any atom is 0.330 e. The van der Waals surface area contributed by atoms with Gasteiger partial charge in [0.05, 0.1) is 0 Å². The highest BCUT2D eigenvalue weighted by atomic mass is 16.4. The predicted octanol–water partition coefficient (Wildman–Crippen LogP) is 2.84. The van der Waals surface area contributed by atoms with E-state index in [4.69, 9.17) is 0 Å². The van der Waals surface area contributed by atoms with E-state index in [2.05, 4.69) is 10.6 Å². The van der Waals surface area contributed by atoms with Crippen LogP contribution in [0.5, 0.6) is 0 Å². The number of nitrogens with one attached hydrogen (secondary N) is 2. The van der Waals surface area contributed by atoms with Crippen LogP contribution in [0.1, 0.15) is 35.3 Å². The van der Waals surface area contributed by atoms with Crippen LogP contribution in [0.2, 0.25) is 0 Å². The number of hydrogen-bond acceptors (Lipinski definition) is 3. The zero-order chi connectivity index (χ0) is 18.7. The number of carbonyl (C=O) groups excluding carboxylic acids is 2. The molecule has 6 heteroatoms. The SMILES string of the molecule is CC1CC1C(=O)Nc1ccc(C(=O)NC(C(=O)O)c2ccccc2)cc1. The van der Waals surface area contributed by atoms with Crippen molar-refractivity contribution in [2.75, 3.05) is 5.32 Å². The number of carboxylic acid groups (broad SMARTS) is 1. The number of hydrogen-bond donors (Lipinski definition) is 3. The average Bonchev–Trinajstić information content (AvgIpc) is 3.37. The molecule has 0 saturated heterocycles. The highest BCUT2D eigenvalue weighted by Crippen LogP contribution is 2.38. The molecule has 2 aromatic carbocycles. The van der Waals surface area contributed by atoms with Gasteiger partial charge < -0.3 is 15.7 Å². The van der Waals surface area contributed by atoms with Crippen LogP contribution in [0.3, 0.4) is 0 Å². The zero-order valence-electron chi connectivity index (χ0n) is 14.3. The third-order valence-corrected chi connectivity index (χ3v) is 4.52. The number of anilines is 1. The summed E-state index contributed by atoms with van der Waals surface area (Å²) in [5.41, 5.74) is 1.43. The van der Waals surface area contributed by atoms with E-state index in [1.54, 1.807) is 54.6 Å². The molecule has 0 bridgehead atoms. The third-order valence-electron chi connectivity index (χ3n) is 4.52. The van der Waals surface area contributed by atoms with Gasteiger partial charge in [-0.25, -0.2) is 4.79 Å². The molecule has 26 heavy (non-hydrogen) atoms.